The number of hydrogen-bond donors (Lipinski definition) is 2. The Labute approximate surface area is 160 Å². The zero-order valence-electron chi connectivity index (χ0n) is 15.6. The van der Waals surface area contributed by atoms with Crippen molar-refractivity contribution >= 4 is 21.6 Å². The van der Waals surface area contributed by atoms with E-state index in [9.17, 15) is 13.2 Å². The number of carbonyl (C=O) groups excluding carboxylic acids is 1. The van der Waals surface area contributed by atoms with Crippen molar-refractivity contribution in [2.24, 2.45) is 0 Å². The van der Waals surface area contributed by atoms with Crippen LogP contribution in [0.25, 0.3) is 0 Å². The smallest absolute Gasteiger partial charge is 0.251 e. The van der Waals surface area contributed by atoms with Crippen LogP contribution in [0, 0.1) is 0 Å². The maximum Gasteiger partial charge on any atom is 0.251 e. The topological polar surface area (TPSA) is 78.5 Å². The molecule has 1 heterocycles. The monoisotopic (exact) mass is 387 g/mol. The lowest BCUT2D eigenvalue weighted by Gasteiger charge is -2.33. The highest BCUT2D eigenvalue weighted by Crippen LogP contribution is 2.20. The highest BCUT2D eigenvalue weighted by molar-refractivity contribution is 7.92. The molecule has 0 saturated heterocycles. The molecule has 1 aliphatic heterocycles. The number of carbonyl (C=O) groups is 1. The fourth-order valence-corrected chi connectivity index (χ4v) is 3.86. The van der Waals surface area contributed by atoms with Crippen molar-refractivity contribution < 1.29 is 13.2 Å². The van der Waals surface area contributed by atoms with E-state index in [1.807, 2.05) is 0 Å². The Morgan fingerprint density at radius 2 is 1.89 bits per heavy atom. The van der Waals surface area contributed by atoms with Crippen LogP contribution >= 0.6 is 0 Å². The molecule has 1 atom stereocenters. The summed E-state index contributed by atoms with van der Waals surface area (Å²) in [4.78, 5) is 14.8. The van der Waals surface area contributed by atoms with Gasteiger partial charge in [-0.3, -0.25) is 14.4 Å². The van der Waals surface area contributed by atoms with E-state index in [1.54, 1.807) is 18.2 Å². The van der Waals surface area contributed by atoms with Crippen molar-refractivity contribution in [2.75, 3.05) is 24.1 Å². The van der Waals surface area contributed by atoms with Crippen molar-refractivity contribution in [3.8, 4) is 0 Å². The minimum Gasteiger partial charge on any atom is -0.350 e. The fourth-order valence-electron chi connectivity index (χ4n) is 3.30. The predicted octanol–water partition coefficient (Wildman–Crippen LogP) is 2.23. The lowest BCUT2D eigenvalue weighted by atomic mass is 9.99. The molecule has 3 rings (SSSR count). The van der Waals surface area contributed by atoms with Crippen LogP contribution in [0.5, 0.6) is 0 Å². The Kier molecular flexibility index (Phi) is 5.82. The summed E-state index contributed by atoms with van der Waals surface area (Å²) in [6.45, 7) is 4.50. The Morgan fingerprint density at radius 3 is 2.63 bits per heavy atom. The van der Waals surface area contributed by atoms with Gasteiger partial charge in [-0.25, -0.2) is 8.42 Å². The minimum atomic E-state index is -3.37. The number of nitrogens with zero attached hydrogens (tertiary/aromatic N) is 1. The summed E-state index contributed by atoms with van der Waals surface area (Å²) < 4.78 is 25.1. The normalized spacial score (nSPS) is 15.6. The van der Waals surface area contributed by atoms with Crippen LogP contribution in [0.4, 0.5) is 5.69 Å². The predicted molar refractivity (Wildman–Crippen MR) is 107 cm³/mol. The van der Waals surface area contributed by atoms with E-state index >= 15 is 0 Å². The fraction of sp³-hybridized carbons (Fsp3) is 0.350. The third kappa shape index (κ3) is 5.30. The number of hydrogen-bond acceptors (Lipinski definition) is 4. The van der Waals surface area contributed by atoms with E-state index in [-0.39, 0.29) is 11.9 Å². The number of anilines is 1. The summed E-state index contributed by atoms with van der Waals surface area (Å²) in [5, 5.41) is 2.95. The molecule has 0 radical (unpaired) electrons. The number of benzene rings is 2. The van der Waals surface area contributed by atoms with Crippen LogP contribution < -0.4 is 10.0 Å². The number of amides is 1. The van der Waals surface area contributed by atoms with Gasteiger partial charge in [-0.1, -0.05) is 30.3 Å². The first-order valence-corrected chi connectivity index (χ1v) is 10.9. The summed E-state index contributed by atoms with van der Waals surface area (Å²) in [5.74, 6) is -0.212. The van der Waals surface area contributed by atoms with Crippen LogP contribution in [0.3, 0.4) is 0 Å². The van der Waals surface area contributed by atoms with Crippen molar-refractivity contribution in [3.05, 3.63) is 65.2 Å². The number of rotatable bonds is 6. The zero-order chi connectivity index (χ0) is 19.4. The van der Waals surface area contributed by atoms with E-state index in [0.29, 0.717) is 17.8 Å². The SMILES string of the molecule is CC(CNC(=O)c1cccc(NS(C)(=O)=O)c1)N1CCc2ccccc2C1. The molecule has 144 valence electrons. The molecule has 2 aromatic carbocycles. The average molecular weight is 388 g/mol. The molecule has 1 unspecified atom stereocenters. The molecule has 0 aliphatic carbocycles. The first-order chi connectivity index (χ1) is 12.8. The molecule has 1 aliphatic rings. The van der Waals surface area contributed by atoms with Gasteiger partial charge in [0.15, 0.2) is 0 Å². The second kappa shape index (κ2) is 8.10. The maximum absolute atomic E-state index is 12.4. The van der Waals surface area contributed by atoms with Gasteiger partial charge >= 0.3 is 0 Å². The molecule has 27 heavy (non-hydrogen) atoms. The van der Waals surface area contributed by atoms with E-state index < -0.39 is 10.0 Å². The van der Waals surface area contributed by atoms with Gasteiger partial charge in [0.1, 0.15) is 0 Å². The molecule has 7 heteroatoms. The van der Waals surface area contributed by atoms with Gasteiger partial charge in [-0.05, 0) is 42.7 Å². The van der Waals surface area contributed by atoms with Crippen molar-refractivity contribution in [1.29, 1.82) is 0 Å². The molecule has 2 N–H and O–H groups in total. The molecule has 1 amide bonds. The molecular weight excluding hydrogens is 362 g/mol. The first kappa shape index (κ1) is 19.4. The second-order valence-electron chi connectivity index (χ2n) is 7.00. The quantitative estimate of drug-likeness (QED) is 0.797. The lowest BCUT2D eigenvalue weighted by molar-refractivity contribution is 0.0932. The van der Waals surface area contributed by atoms with Gasteiger partial charge in [0.25, 0.3) is 5.91 Å². The largest absolute Gasteiger partial charge is 0.350 e. The summed E-state index contributed by atoms with van der Waals surface area (Å²) in [5.41, 5.74) is 3.56. The van der Waals surface area contributed by atoms with Gasteiger partial charge in [0.05, 0.1) is 6.26 Å². The van der Waals surface area contributed by atoms with Gasteiger partial charge < -0.3 is 5.32 Å². The Balaban J connectivity index is 1.57. The minimum absolute atomic E-state index is 0.208. The maximum atomic E-state index is 12.4. The van der Waals surface area contributed by atoms with Crippen molar-refractivity contribution in [1.82, 2.24) is 10.2 Å². The molecular formula is C20H25N3O3S. The molecule has 0 saturated carbocycles. The van der Waals surface area contributed by atoms with E-state index in [4.69, 9.17) is 0 Å². The summed E-state index contributed by atoms with van der Waals surface area (Å²) in [6.07, 6.45) is 2.10. The Morgan fingerprint density at radius 1 is 1.15 bits per heavy atom. The van der Waals surface area contributed by atoms with Crippen LogP contribution in [0.1, 0.15) is 28.4 Å². The van der Waals surface area contributed by atoms with Gasteiger partial charge in [0.2, 0.25) is 10.0 Å². The van der Waals surface area contributed by atoms with E-state index in [2.05, 4.69) is 46.1 Å². The second-order valence-corrected chi connectivity index (χ2v) is 8.75. The van der Waals surface area contributed by atoms with E-state index in [0.717, 1.165) is 25.8 Å². The first-order valence-electron chi connectivity index (χ1n) is 8.99. The number of nitrogens with one attached hydrogen (secondary N) is 2. The summed E-state index contributed by atoms with van der Waals surface area (Å²) >= 11 is 0. The number of fused-ring (bicyclic) bond motifs is 1. The summed E-state index contributed by atoms with van der Waals surface area (Å²) in [7, 11) is -3.37. The van der Waals surface area contributed by atoms with Crippen molar-refractivity contribution in [2.45, 2.75) is 25.9 Å². The highest BCUT2D eigenvalue weighted by Gasteiger charge is 2.21. The lowest BCUT2D eigenvalue weighted by Crippen LogP contribution is -2.44. The highest BCUT2D eigenvalue weighted by atomic mass is 32.2. The standard InChI is InChI=1S/C20H25N3O3S/c1-15(23-11-10-16-6-3-4-7-18(16)14-23)13-21-20(24)17-8-5-9-19(12-17)22-27(2,25)26/h3-9,12,15,22H,10-11,13-14H2,1-2H3,(H,21,24). The molecule has 0 spiro atoms. The Bertz CT molecular complexity index is 928. The summed E-state index contributed by atoms with van der Waals surface area (Å²) in [6, 6.07) is 15.2. The van der Waals surface area contributed by atoms with Crippen LogP contribution in [-0.4, -0.2) is 44.6 Å². The molecule has 0 aromatic heterocycles. The Hall–Kier alpha value is -2.38. The molecule has 0 fully saturated rings. The van der Waals surface area contributed by atoms with Gasteiger partial charge in [0, 0.05) is 36.9 Å². The zero-order valence-corrected chi connectivity index (χ0v) is 16.4. The third-order valence-corrected chi connectivity index (χ3v) is 5.38. The van der Waals surface area contributed by atoms with Gasteiger partial charge in [-0.2, -0.15) is 0 Å². The average Bonchev–Trinajstić information content (AvgIpc) is 2.64. The van der Waals surface area contributed by atoms with Crippen LogP contribution in [0.2, 0.25) is 0 Å². The molecule has 6 nitrogen and oxygen atoms in total. The number of sulfonamides is 1. The molecule has 0 bridgehead atoms. The van der Waals surface area contributed by atoms with Gasteiger partial charge in [-0.15, -0.1) is 0 Å². The van der Waals surface area contributed by atoms with Crippen LogP contribution in [0.15, 0.2) is 48.5 Å². The van der Waals surface area contributed by atoms with Crippen molar-refractivity contribution in [3.63, 3.8) is 0 Å². The van der Waals surface area contributed by atoms with Crippen LogP contribution in [-0.2, 0) is 23.0 Å². The molecule has 2 aromatic rings. The third-order valence-electron chi connectivity index (χ3n) is 4.77. The van der Waals surface area contributed by atoms with E-state index in [1.165, 1.54) is 17.2 Å².